The van der Waals surface area contributed by atoms with Crippen LogP contribution in [0.1, 0.15) is 10.4 Å². The van der Waals surface area contributed by atoms with Crippen LogP contribution in [0, 0.1) is 17.5 Å². The van der Waals surface area contributed by atoms with E-state index < -0.39 is 23.4 Å². The first-order valence-corrected chi connectivity index (χ1v) is 6.32. The third kappa shape index (κ3) is 3.10. The first-order valence-electron chi connectivity index (χ1n) is 5.15. The molecule has 2 aromatic rings. The van der Waals surface area contributed by atoms with Gasteiger partial charge in [-0.1, -0.05) is 11.6 Å². The number of carbonyl (C=O) groups is 1. The Kier molecular flexibility index (Phi) is 4.29. The largest absolute Gasteiger partial charge is 0.318 e. The first-order chi connectivity index (χ1) is 9.38. The molecule has 1 aromatic heterocycles. The van der Waals surface area contributed by atoms with Gasteiger partial charge in [-0.15, -0.1) is 0 Å². The van der Waals surface area contributed by atoms with Crippen molar-refractivity contribution in [3.63, 3.8) is 0 Å². The van der Waals surface area contributed by atoms with Gasteiger partial charge in [0.25, 0.3) is 5.91 Å². The van der Waals surface area contributed by atoms with E-state index in [4.69, 9.17) is 11.6 Å². The molecule has 0 radical (unpaired) electrons. The molecule has 8 heteroatoms. The molecule has 2 rings (SSSR count). The topological polar surface area (TPSA) is 42.0 Å². The third-order valence-electron chi connectivity index (χ3n) is 2.30. The summed E-state index contributed by atoms with van der Waals surface area (Å²) in [6.45, 7) is 0. The minimum atomic E-state index is -0.981. The van der Waals surface area contributed by atoms with E-state index in [0.29, 0.717) is 6.07 Å². The number of rotatable bonds is 2. The predicted octanol–water partition coefficient (Wildman–Crippen LogP) is 4.17. The van der Waals surface area contributed by atoms with Gasteiger partial charge < -0.3 is 5.32 Å². The molecule has 0 atom stereocenters. The number of halogens is 5. The first kappa shape index (κ1) is 14.8. The molecule has 0 unspecified atom stereocenters. The van der Waals surface area contributed by atoms with Crippen LogP contribution in [-0.2, 0) is 0 Å². The highest BCUT2D eigenvalue weighted by Gasteiger charge is 2.17. The lowest BCUT2D eigenvalue weighted by Crippen LogP contribution is -2.15. The zero-order chi connectivity index (χ0) is 14.9. The normalized spacial score (nSPS) is 10.4. The Balaban J connectivity index is 2.35. The molecular formula is C12H5BrClF3N2O. The zero-order valence-corrected chi connectivity index (χ0v) is 11.9. The lowest BCUT2D eigenvalue weighted by atomic mass is 10.2. The number of hydrogen-bond acceptors (Lipinski definition) is 2. The van der Waals surface area contributed by atoms with Crippen molar-refractivity contribution in [2.45, 2.75) is 0 Å². The molecule has 0 spiro atoms. The highest BCUT2D eigenvalue weighted by atomic mass is 79.9. The minimum Gasteiger partial charge on any atom is -0.318 e. The molecule has 20 heavy (non-hydrogen) atoms. The van der Waals surface area contributed by atoms with Crippen molar-refractivity contribution in [2.75, 3.05) is 5.32 Å². The van der Waals surface area contributed by atoms with Crippen molar-refractivity contribution in [3.8, 4) is 0 Å². The minimum absolute atomic E-state index is 0.00355. The fourth-order valence-electron chi connectivity index (χ4n) is 1.42. The van der Waals surface area contributed by atoms with Gasteiger partial charge in [-0.25, -0.2) is 18.2 Å². The molecule has 1 heterocycles. The number of nitrogens with one attached hydrogen (secondary N) is 1. The second-order valence-corrected chi connectivity index (χ2v) is 4.90. The number of aromatic nitrogens is 1. The predicted molar refractivity (Wildman–Crippen MR) is 71.2 cm³/mol. The number of anilines is 1. The number of pyridine rings is 1. The number of nitrogens with zero attached hydrogens (tertiary/aromatic N) is 1. The monoisotopic (exact) mass is 364 g/mol. The van der Waals surface area contributed by atoms with E-state index in [1.165, 1.54) is 0 Å². The van der Waals surface area contributed by atoms with Gasteiger partial charge in [0.2, 0.25) is 0 Å². The standard InChI is InChI=1S/C12H5BrClF3N2O/c13-8-2-5(15)3-9(17)10(8)19-12(20)7-1-6(16)4-18-11(7)14/h1-4H,(H,19,20). The van der Waals surface area contributed by atoms with Crippen LogP contribution < -0.4 is 5.32 Å². The summed E-state index contributed by atoms with van der Waals surface area (Å²) >= 11 is 8.57. The van der Waals surface area contributed by atoms with Crippen molar-refractivity contribution in [1.29, 1.82) is 0 Å². The van der Waals surface area contributed by atoms with Crippen LogP contribution in [0.2, 0.25) is 5.15 Å². The van der Waals surface area contributed by atoms with Crippen LogP contribution >= 0.6 is 27.5 Å². The van der Waals surface area contributed by atoms with Gasteiger partial charge in [0.05, 0.1) is 17.4 Å². The molecule has 0 fully saturated rings. The van der Waals surface area contributed by atoms with Crippen molar-refractivity contribution in [1.82, 2.24) is 4.98 Å². The zero-order valence-electron chi connectivity index (χ0n) is 9.55. The van der Waals surface area contributed by atoms with Crippen LogP contribution in [0.15, 0.2) is 28.9 Å². The Labute approximate surface area is 124 Å². The van der Waals surface area contributed by atoms with Crippen molar-refractivity contribution >= 4 is 39.1 Å². The summed E-state index contributed by atoms with van der Waals surface area (Å²) in [6, 6.07) is 2.44. The average Bonchev–Trinajstić information content (AvgIpc) is 2.36. The Bertz CT molecular complexity index is 673. The maximum atomic E-state index is 13.6. The molecule has 3 nitrogen and oxygen atoms in total. The van der Waals surface area contributed by atoms with E-state index in [0.717, 1.165) is 18.3 Å². The van der Waals surface area contributed by atoms with Crippen molar-refractivity contribution < 1.29 is 18.0 Å². The Morgan fingerprint density at radius 3 is 2.55 bits per heavy atom. The summed E-state index contributed by atoms with van der Waals surface area (Å²) < 4.78 is 39.5. The van der Waals surface area contributed by atoms with Gasteiger partial charge in [-0.2, -0.15) is 0 Å². The van der Waals surface area contributed by atoms with E-state index in [1.807, 2.05) is 0 Å². The molecule has 0 aliphatic rings. The SMILES string of the molecule is O=C(Nc1c(F)cc(F)cc1Br)c1cc(F)cnc1Cl. The maximum Gasteiger partial charge on any atom is 0.259 e. The van der Waals surface area contributed by atoms with Gasteiger partial charge in [-0.05, 0) is 28.1 Å². The number of benzene rings is 1. The van der Waals surface area contributed by atoms with Crippen molar-refractivity contribution in [2.24, 2.45) is 0 Å². The molecule has 0 aliphatic heterocycles. The summed E-state index contributed by atoms with van der Waals surface area (Å²) in [5, 5.41) is 1.94. The van der Waals surface area contributed by atoms with Gasteiger partial charge in [0.1, 0.15) is 16.8 Å². The molecule has 0 saturated heterocycles. The summed E-state index contributed by atoms with van der Waals surface area (Å²) in [7, 11) is 0. The molecule has 104 valence electrons. The fourth-order valence-corrected chi connectivity index (χ4v) is 2.12. The molecular weight excluding hydrogens is 360 g/mol. The van der Waals surface area contributed by atoms with E-state index in [1.54, 1.807) is 0 Å². The third-order valence-corrected chi connectivity index (χ3v) is 3.22. The second-order valence-electron chi connectivity index (χ2n) is 3.69. The van der Waals surface area contributed by atoms with E-state index in [2.05, 4.69) is 26.2 Å². The number of carbonyl (C=O) groups excluding carboxylic acids is 1. The second kappa shape index (κ2) is 5.80. The van der Waals surface area contributed by atoms with Crippen LogP contribution in [0.5, 0.6) is 0 Å². The van der Waals surface area contributed by atoms with Crippen LogP contribution in [-0.4, -0.2) is 10.9 Å². The van der Waals surface area contributed by atoms with Gasteiger partial charge in [0, 0.05) is 10.5 Å². The smallest absolute Gasteiger partial charge is 0.259 e. The molecule has 1 N–H and O–H groups in total. The van der Waals surface area contributed by atoms with Gasteiger partial charge in [0.15, 0.2) is 5.82 Å². The quantitative estimate of drug-likeness (QED) is 0.812. The molecule has 0 aliphatic carbocycles. The molecule has 0 saturated carbocycles. The highest BCUT2D eigenvalue weighted by molar-refractivity contribution is 9.10. The van der Waals surface area contributed by atoms with Crippen LogP contribution in [0.4, 0.5) is 18.9 Å². The van der Waals surface area contributed by atoms with Crippen molar-refractivity contribution in [3.05, 3.63) is 57.0 Å². The van der Waals surface area contributed by atoms with E-state index >= 15 is 0 Å². The molecule has 0 bridgehead atoms. The van der Waals surface area contributed by atoms with Gasteiger partial charge >= 0.3 is 0 Å². The van der Waals surface area contributed by atoms with E-state index in [-0.39, 0.29) is 20.9 Å². The molecule has 1 amide bonds. The molecule has 1 aromatic carbocycles. The Morgan fingerprint density at radius 2 is 1.90 bits per heavy atom. The number of hydrogen-bond donors (Lipinski definition) is 1. The lowest BCUT2D eigenvalue weighted by Gasteiger charge is -2.09. The highest BCUT2D eigenvalue weighted by Crippen LogP contribution is 2.28. The summed E-state index contributed by atoms with van der Waals surface area (Å²) in [4.78, 5) is 15.4. The van der Waals surface area contributed by atoms with E-state index in [9.17, 15) is 18.0 Å². The Hall–Kier alpha value is -1.60. The summed E-state index contributed by atoms with van der Waals surface area (Å²) in [5.74, 6) is -3.42. The van der Waals surface area contributed by atoms with Crippen LogP contribution in [0.3, 0.4) is 0 Å². The summed E-state index contributed by atoms with van der Waals surface area (Å²) in [6.07, 6.45) is 0.841. The Morgan fingerprint density at radius 1 is 1.20 bits per heavy atom. The maximum absolute atomic E-state index is 13.6. The van der Waals surface area contributed by atoms with Crippen LogP contribution in [0.25, 0.3) is 0 Å². The number of amides is 1. The lowest BCUT2D eigenvalue weighted by molar-refractivity contribution is 0.102. The summed E-state index contributed by atoms with van der Waals surface area (Å²) in [5.41, 5.74) is -0.543. The van der Waals surface area contributed by atoms with Gasteiger partial charge in [-0.3, -0.25) is 4.79 Å². The fraction of sp³-hybridized carbons (Fsp3) is 0. The average molecular weight is 366 g/mol.